The normalized spacial score (nSPS) is 16.5. The maximum Gasteiger partial charge on any atom is 0.437 e. The number of benzene rings is 1. The van der Waals surface area contributed by atoms with E-state index in [2.05, 4.69) is 56.4 Å². The van der Waals surface area contributed by atoms with Crippen molar-refractivity contribution in [1.29, 1.82) is 0 Å². The molecule has 2 aromatic heterocycles. The van der Waals surface area contributed by atoms with Crippen LogP contribution < -0.4 is 0 Å². The number of nitrogens with zero attached hydrogens (tertiary/aromatic N) is 5. The highest BCUT2D eigenvalue weighted by atomic mass is 19.4. The highest BCUT2D eigenvalue weighted by molar-refractivity contribution is 5.70. The zero-order valence-corrected chi connectivity index (χ0v) is 17.6. The van der Waals surface area contributed by atoms with Crippen LogP contribution in [0.1, 0.15) is 41.3 Å². The molecule has 4 rings (SSSR count). The number of hydrogen-bond acceptors (Lipinski definition) is 5. The molecule has 32 heavy (non-hydrogen) atoms. The third kappa shape index (κ3) is 4.56. The molecule has 1 unspecified atom stereocenters. The number of pyridine rings is 1. The quantitative estimate of drug-likeness (QED) is 0.552. The van der Waals surface area contributed by atoms with Gasteiger partial charge in [0.25, 0.3) is 0 Å². The van der Waals surface area contributed by atoms with Crippen LogP contribution >= 0.6 is 0 Å². The average Bonchev–Trinajstić information content (AvgIpc) is 3.29. The molecule has 1 aromatic carbocycles. The molecule has 1 aliphatic rings. The molecule has 0 saturated carbocycles. The molecule has 0 spiro atoms. The fourth-order valence-electron chi connectivity index (χ4n) is 4.19. The minimum absolute atomic E-state index is 0.245. The third-order valence-electron chi connectivity index (χ3n) is 5.63. The lowest BCUT2D eigenvalue weighted by Gasteiger charge is -2.29. The van der Waals surface area contributed by atoms with Gasteiger partial charge in [0.1, 0.15) is 11.4 Å². The molecule has 1 atom stereocenters. The average molecular weight is 440 g/mol. The Labute approximate surface area is 183 Å². The van der Waals surface area contributed by atoms with Crippen molar-refractivity contribution < 1.29 is 13.2 Å². The van der Waals surface area contributed by atoms with Crippen molar-refractivity contribution >= 4 is 12.4 Å². The van der Waals surface area contributed by atoms with Crippen molar-refractivity contribution in [3.63, 3.8) is 0 Å². The lowest BCUT2D eigenvalue weighted by molar-refractivity contribution is -0.140. The van der Waals surface area contributed by atoms with Gasteiger partial charge in [-0.15, -0.1) is 0 Å². The summed E-state index contributed by atoms with van der Waals surface area (Å²) < 4.78 is 39.6. The molecule has 1 N–H and O–H groups in total. The largest absolute Gasteiger partial charge is 0.437 e. The van der Waals surface area contributed by atoms with Gasteiger partial charge >= 0.3 is 6.18 Å². The van der Waals surface area contributed by atoms with Crippen LogP contribution in [0.25, 0.3) is 17.0 Å². The summed E-state index contributed by atoms with van der Waals surface area (Å²) in [4.78, 5) is 10.4. The first-order valence-electron chi connectivity index (χ1n) is 10.3. The Hall–Kier alpha value is -3.49. The molecule has 2 heterocycles. The molecule has 1 aliphatic carbocycles. The van der Waals surface area contributed by atoms with Gasteiger partial charge in [0.15, 0.2) is 5.69 Å². The van der Waals surface area contributed by atoms with Gasteiger partial charge in [-0.1, -0.05) is 24.3 Å². The monoisotopic (exact) mass is 440 g/mol. The van der Waals surface area contributed by atoms with E-state index in [4.69, 9.17) is 0 Å². The van der Waals surface area contributed by atoms with Crippen molar-refractivity contribution in [3.8, 4) is 11.3 Å². The van der Waals surface area contributed by atoms with E-state index < -0.39 is 11.9 Å². The molecule has 6 nitrogen and oxygen atoms in total. The van der Waals surface area contributed by atoms with Crippen LogP contribution in [0.4, 0.5) is 13.2 Å². The Morgan fingerprint density at radius 1 is 1.28 bits per heavy atom. The summed E-state index contributed by atoms with van der Waals surface area (Å²) >= 11 is 0. The molecule has 9 heteroatoms. The highest BCUT2D eigenvalue weighted by Gasteiger charge is 2.38. The van der Waals surface area contributed by atoms with E-state index in [9.17, 15) is 13.2 Å². The molecule has 0 aliphatic heterocycles. The van der Waals surface area contributed by atoms with Gasteiger partial charge in [-0.2, -0.15) is 28.6 Å². The van der Waals surface area contributed by atoms with E-state index >= 15 is 0 Å². The number of aromatic amines is 1. The van der Waals surface area contributed by atoms with E-state index in [1.165, 1.54) is 29.5 Å². The van der Waals surface area contributed by atoms with Crippen molar-refractivity contribution in [2.24, 2.45) is 4.99 Å². The predicted octanol–water partition coefficient (Wildman–Crippen LogP) is 4.94. The number of hydrogen-bond donors (Lipinski definition) is 1. The van der Waals surface area contributed by atoms with Crippen LogP contribution in [0.5, 0.6) is 0 Å². The number of halogens is 3. The molecule has 0 radical (unpaired) electrons. The van der Waals surface area contributed by atoms with Crippen LogP contribution in [0.2, 0.25) is 0 Å². The fourth-order valence-corrected chi connectivity index (χ4v) is 4.19. The fraction of sp³-hybridized carbons (Fsp3) is 0.304. The highest BCUT2D eigenvalue weighted by Crippen LogP contribution is 2.35. The van der Waals surface area contributed by atoms with Crippen molar-refractivity contribution in [1.82, 2.24) is 25.3 Å². The number of aryl methyl sites for hydroxylation is 1. The van der Waals surface area contributed by atoms with Gasteiger partial charge in [-0.3, -0.25) is 9.98 Å². The van der Waals surface area contributed by atoms with E-state index in [0.29, 0.717) is 17.3 Å². The predicted molar refractivity (Wildman–Crippen MR) is 117 cm³/mol. The third-order valence-corrected chi connectivity index (χ3v) is 5.63. The zero-order valence-electron chi connectivity index (χ0n) is 17.6. The van der Waals surface area contributed by atoms with E-state index in [1.807, 2.05) is 18.1 Å². The summed E-state index contributed by atoms with van der Waals surface area (Å²) in [6, 6.07) is 11.5. The van der Waals surface area contributed by atoms with Gasteiger partial charge < -0.3 is 4.90 Å². The van der Waals surface area contributed by atoms with Crippen LogP contribution in [0.3, 0.4) is 0 Å². The second-order valence-electron chi connectivity index (χ2n) is 7.85. The molecule has 0 bridgehead atoms. The molecule has 166 valence electrons. The molecule has 0 saturated heterocycles. The number of fused-ring (bicyclic) bond motifs is 1. The van der Waals surface area contributed by atoms with Gasteiger partial charge in [0.2, 0.25) is 0 Å². The van der Waals surface area contributed by atoms with E-state index in [1.54, 1.807) is 0 Å². The molecule has 0 fully saturated rings. The topological polar surface area (TPSA) is 70.1 Å². The van der Waals surface area contributed by atoms with Gasteiger partial charge in [-0.05, 0) is 49.2 Å². The summed E-state index contributed by atoms with van der Waals surface area (Å²) in [5, 5.41) is 8.98. The number of likely N-dealkylation sites (N-methyl/N-ethyl adjacent to an activating group) is 1. The SMILES string of the molecule is C=N/C(=C\N(C)CC1CCCc2ccccc21)c1cc(-c2n[nH]nc2C(F)(F)F)ccn1. The smallest absolute Gasteiger partial charge is 0.378 e. The summed E-state index contributed by atoms with van der Waals surface area (Å²) in [6.45, 7) is 4.41. The number of nitrogens with one attached hydrogen (secondary N) is 1. The van der Waals surface area contributed by atoms with Crippen molar-refractivity contribution in [3.05, 3.63) is 71.3 Å². The van der Waals surface area contributed by atoms with Crippen molar-refractivity contribution in [2.75, 3.05) is 13.6 Å². The second-order valence-corrected chi connectivity index (χ2v) is 7.85. The minimum Gasteiger partial charge on any atom is -0.378 e. The Morgan fingerprint density at radius 3 is 2.88 bits per heavy atom. The lowest BCUT2D eigenvalue weighted by atomic mass is 9.82. The minimum atomic E-state index is -4.61. The molecule has 3 aromatic rings. The Kier molecular flexibility index (Phi) is 6.07. The number of alkyl halides is 3. The summed E-state index contributed by atoms with van der Waals surface area (Å²) in [5.41, 5.74) is 2.54. The van der Waals surface area contributed by atoms with Gasteiger partial charge in [-0.25, -0.2) is 0 Å². The summed E-state index contributed by atoms with van der Waals surface area (Å²) in [5.74, 6) is 0.399. The first-order chi connectivity index (χ1) is 15.4. The van der Waals surface area contributed by atoms with Crippen molar-refractivity contribution in [2.45, 2.75) is 31.4 Å². The maximum atomic E-state index is 13.2. The second kappa shape index (κ2) is 8.94. The maximum absolute atomic E-state index is 13.2. The number of aliphatic imine (C=N–C) groups is 1. The summed E-state index contributed by atoms with van der Waals surface area (Å²) in [7, 11) is 1.95. The number of H-pyrrole nitrogens is 1. The first kappa shape index (κ1) is 21.7. The number of rotatable bonds is 6. The first-order valence-corrected chi connectivity index (χ1v) is 10.3. The van der Waals surface area contributed by atoms with Crippen LogP contribution in [-0.4, -0.2) is 45.6 Å². The molecular formula is C23H23F3N6. The van der Waals surface area contributed by atoms with Gasteiger partial charge in [0, 0.05) is 37.5 Å². The lowest BCUT2D eigenvalue weighted by Crippen LogP contribution is -2.23. The van der Waals surface area contributed by atoms with E-state index in [-0.39, 0.29) is 11.3 Å². The Balaban J connectivity index is 1.58. The Morgan fingerprint density at radius 2 is 2.09 bits per heavy atom. The molecule has 0 amide bonds. The van der Waals surface area contributed by atoms with Crippen LogP contribution in [0.15, 0.2) is 53.8 Å². The van der Waals surface area contributed by atoms with Crippen LogP contribution in [0, 0.1) is 0 Å². The standard InChI is InChI=1S/C23H23F3N6/c1-27-20(14-32(2)13-17-8-5-7-15-6-3-4-9-18(15)17)19-12-16(10-11-28-19)21-22(23(24,25)26)30-31-29-21/h3-4,6,9-12,14,17H,1,5,7-8,13H2,2H3,(H,29,30,31)/b20-14-. The van der Waals surface area contributed by atoms with Gasteiger partial charge in [0.05, 0.1) is 5.69 Å². The number of aromatic nitrogens is 4. The van der Waals surface area contributed by atoms with E-state index in [0.717, 1.165) is 25.8 Å². The molecular weight excluding hydrogens is 417 g/mol. The summed E-state index contributed by atoms with van der Waals surface area (Å²) in [6.07, 6.45) is 1.99. The Bertz CT molecular complexity index is 1130. The van der Waals surface area contributed by atoms with Crippen LogP contribution in [-0.2, 0) is 12.6 Å². The zero-order chi connectivity index (χ0) is 22.7.